The van der Waals surface area contributed by atoms with E-state index >= 15 is 0 Å². The molecule has 0 heterocycles. The zero-order valence-electron chi connectivity index (χ0n) is 9.40. The number of hydrogen-bond acceptors (Lipinski definition) is 5. The van der Waals surface area contributed by atoms with Crippen LogP contribution >= 0.6 is 0 Å². The molecule has 0 unspecified atom stereocenters. The van der Waals surface area contributed by atoms with E-state index < -0.39 is 32.0 Å². The molecule has 0 spiro atoms. The molecule has 11 heteroatoms. The minimum Gasteiger partial charge on any atom is -0.480 e. The second-order valence-electron chi connectivity index (χ2n) is 3.48. The van der Waals surface area contributed by atoms with E-state index in [2.05, 4.69) is 0 Å². The zero-order chi connectivity index (χ0) is 14.7. The first-order valence-electron chi connectivity index (χ1n) is 4.70. The number of benzene rings is 1. The normalized spacial score (nSPS) is 11.8. The molecule has 0 aliphatic carbocycles. The Morgan fingerprint density at radius 3 is 2.16 bits per heavy atom. The average molecular weight is 309 g/mol. The average Bonchev–Trinajstić information content (AvgIpc) is 2.11. The fourth-order valence-electron chi connectivity index (χ4n) is 1.19. The Hall–Kier alpha value is -1.85. The highest BCUT2D eigenvalue weighted by atomic mass is 32.2. The van der Waals surface area contributed by atoms with Gasteiger partial charge in [0.2, 0.25) is 10.0 Å². The third-order valence-electron chi connectivity index (χ3n) is 1.71. The third-order valence-corrected chi connectivity index (χ3v) is 3.40. The van der Waals surface area contributed by atoms with Crippen molar-refractivity contribution in [2.75, 3.05) is 15.2 Å². The van der Waals surface area contributed by atoms with Crippen molar-refractivity contribution >= 4 is 37.6 Å². The van der Waals surface area contributed by atoms with Crippen LogP contribution in [0.25, 0.3) is 0 Å². The molecule has 0 fully saturated rings. The maximum atomic E-state index is 11.4. The van der Waals surface area contributed by atoms with E-state index in [4.69, 9.17) is 10.2 Å². The molecular weight excluding hydrogens is 298 g/mol. The lowest BCUT2D eigenvalue weighted by Crippen LogP contribution is -2.23. The van der Waals surface area contributed by atoms with Crippen molar-refractivity contribution in [2.24, 2.45) is 5.14 Å². The number of anilines is 2. The van der Waals surface area contributed by atoms with Crippen molar-refractivity contribution < 1.29 is 26.7 Å². The van der Waals surface area contributed by atoms with Crippen molar-refractivity contribution in [3.8, 4) is 0 Å². The molecule has 106 valence electrons. The van der Waals surface area contributed by atoms with E-state index in [1.807, 2.05) is 9.44 Å². The van der Waals surface area contributed by atoms with Gasteiger partial charge in [0, 0.05) is 0 Å². The van der Waals surface area contributed by atoms with Gasteiger partial charge < -0.3 is 5.11 Å². The number of rotatable bonds is 6. The number of carbonyl (C=O) groups is 1. The number of hydrogen-bond donors (Lipinski definition) is 4. The van der Waals surface area contributed by atoms with Crippen molar-refractivity contribution in [3.63, 3.8) is 0 Å². The minimum atomic E-state index is -4.05. The summed E-state index contributed by atoms with van der Waals surface area (Å²) in [7, 11) is -8.03. The van der Waals surface area contributed by atoms with Gasteiger partial charge >= 0.3 is 5.97 Å². The van der Waals surface area contributed by atoms with Crippen molar-refractivity contribution in [1.82, 2.24) is 0 Å². The third kappa shape index (κ3) is 6.03. The fourth-order valence-corrected chi connectivity index (χ4v) is 2.53. The summed E-state index contributed by atoms with van der Waals surface area (Å²) in [5, 5.41) is 13.2. The molecule has 1 aromatic rings. The monoisotopic (exact) mass is 309 g/mol. The molecule has 0 bridgehead atoms. The molecule has 9 nitrogen and oxygen atoms in total. The van der Waals surface area contributed by atoms with Crippen LogP contribution in [0, 0.1) is 0 Å². The largest absolute Gasteiger partial charge is 0.480 e. The molecule has 0 saturated carbocycles. The lowest BCUT2D eigenvalue weighted by Gasteiger charge is -2.08. The second-order valence-corrected chi connectivity index (χ2v) is 6.50. The summed E-state index contributed by atoms with van der Waals surface area (Å²) in [4.78, 5) is 10.3. The molecule has 1 aromatic carbocycles. The fraction of sp³-hybridized carbons (Fsp3) is 0.125. The van der Waals surface area contributed by atoms with E-state index in [9.17, 15) is 21.6 Å². The molecular formula is C8H11N3O6S2. The van der Waals surface area contributed by atoms with Crippen LogP contribution in [0.1, 0.15) is 0 Å². The summed E-state index contributed by atoms with van der Waals surface area (Å²) in [6.07, 6.45) is 0. The van der Waals surface area contributed by atoms with E-state index in [0.717, 1.165) is 6.07 Å². The maximum Gasteiger partial charge on any atom is 0.320 e. The van der Waals surface area contributed by atoms with Gasteiger partial charge in [0.25, 0.3) is 10.2 Å². The number of aliphatic carboxylic acids is 1. The van der Waals surface area contributed by atoms with E-state index in [-0.39, 0.29) is 11.4 Å². The van der Waals surface area contributed by atoms with E-state index in [1.54, 1.807) is 0 Å². The Kier molecular flexibility index (Phi) is 4.34. The molecule has 0 aliphatic heterocycles. The van der Waals surface area contributed by atoms with Gasteiger partial charge in [-0.05, 0) is 18.2 Å². The molecule has 0 aliphatic rings. The quantitative estimate of drug-likeness (QED) is 0.535. The summed E-state index contributed by atoms with van der Waals surface area (Å²) in [5.74, 6) is -2.61. The predicted octanol–water partition coefficient (Wildman–Crippen LogP) is -0.872. The molecule has 19 heavy (non-hydrogen) atoms. The molecule has 0 aromatic heterocycles. The van der Waals surface area contributed by atoms with Crippen LogP contribution in [-0.2, 0) is 25.0 Å². The van der Waals surface area contributed by atoms with Gasteiger partial charge in [0.1, 0.15) is 0 Å². The Labute approximate surface area is 109 Å². The maximum absolute atomic E-state index is 11.4. The summed E-state index contributed by atoms with van der Waals surface area (Å²) < 4.78 is 48.2. The van der Waals surface area contributed by atoms with Crippen molar-refractivity contribution in [1.29, 1.82) is 0 Å². The van der Waals surface area contributed by atoms with Crippen molar-refractivity contribution in [2.45, 2.75) is 0 Å². The predicted molar refractivity (Wildman–Crippen MR) is 68.2 cm³/mol. The highest BCUT2D eigenvalue weighted by Crippen LogP contribution is 2.16. The zero-order valence-corrected chi connectivity index (χ0v) is 11.0. The van der Waals surface area contributed by atoms with Gasteiger partial charge in [-0.2, -0.15) is 8.42 Å². The van der Waals surface area contributed by atoms with E-state index in [0.29, 0.717) is 0 Å². The number of carboxylic acid groups (broad SMARTS) is 1. The summed E-state index contributed by atoms with van der Waals surface area (Å²) in [5.41, 5.74) is 0.0490. The minimum absolute atomic E-state index is 0.00917. The van der Waals surface area contributed by atoms with Crippen LogP contribution in [-0.4, -0.2) is 33.7 Å². The molecule has 0 atom stereocenters. The first-order chi connectivity index (χ1) is 8.57. The van der Waals surface area contributed by atoms with Gasteiger partial charge in [0.15, 0.2) is 5.75 Å². The lowest BCUT2D eigenvalue weighted by atomic mass is 10.3. The van der Waals surface area contributed by atoms with Crippen LogP contribution in [0.3, 0.4) is 0 Å². The topological polar surface area (TPSA) is 156 Å². The Balaban J connectivity index is 2.92. The van der Waals surface area contributed by atoms with Crippen LogP contribution < -0.4 is 14.6 Å². The number of nitrogens with one attached hydrogen (secondary N) is 2. The highest BCUT2D eigenvalue weighted by Gasteiger charge is 2.15. The molecule has 0 radical (unpaired) electrons. The summed E-state index contributed by atoms with van der Waals surface area (Å²) in [6, 6.07) is 5.20. The number of carboxylic acids is 1. The smallest absolute Gasteiger partial charge is 0.320 e. The highest BCUT2D eigenvalue weighted by molar-refractivity contribution is 7.93. The van der Waals surface area contributed by atoms with Crippen LogP contribution in [0.5, 0.6) is 0 Å². The number of nitrogens with two attached hydrogens (primary N) is 1. The van der Waals surface area contributed by atoms with Gasteiger partial charge in [-0.1, -0.05) is 6.07 Å². The van der Waals surface area contributed by atoms with Gasteiger partial charge in [-0.3, -0.25) is 14.2 Å². The Morgan fingerprint density at radius 1 is 1.16 bits per heavy atom. The van der Waals surface area contributed by atoms with Crippen LogP contribution in [0.15, 0.2) is 24.3 Å². The first-order valence-corrected chi connectivity index (χ1v) is 7.90. The van der Waals surface area contributed by atoms with E-state index in [1.165, 1.54) is 18.2 Å². The molecule has 5 N–H and O–H groups in total. The summed E-state index contributed by atoms with van der Waals surface area (Å²) in [6.45, 7) is 0. The molecule has 0 saturated heterocycles. The summed E-state index contributed by atoms with van der Waals surface area (Å²) >= 11 is 0. The SMILES string of the molecule is NS(=O)(=O)Nc1cccc(NS(=O)(=O)CC(=O)O)c1. The second kappa shape index (κ2) is 5.42. The Bertz CT molecular complexity index is 682. The first kappa shape index (κ1) is 15.2. The van der Waals surface area contributed by atoms with Crippen LogP contribution in [0.2, 0.25) is 0 Å². The number of sulfonamides is 1. The van der Waals surface area contributed by atoms with Gasteiger partial charge in [-0.15, -0.1) is 0 Å². The van der Waals surface area contributed by atoms with Gasteiger partial charge in [0.05, 0.1) is 11.4 Å². The van der Waals surface area contributed by atoms with Crippen molar-refractivity contribution in [3.05, 3.63) is 24.3 Å². The molecule has 0 amide bonds. The Morgan fingerprint density at radius 2 is 1.68 bits per heavy atom. The lowest BCUT2D eigenvalue weighted by molar-refractivity contribution is -0.134. The molecule has 1 rings (SSSR count). The standard InChI is InChI=1S/C8H11N3O6S2/c9-19(16,17)11-7-3-1-2-6(4-7)10-18(14,15)5-8(12)13/h1-4,10-11H,5H2,(H,12,13)(H2,9,16,17). The van der Waals surface area contributed by atoms with Gasteiger partial charge in [-0.25, -0.2) is 13.6 Å². The van der Waals surface area contributed by atoms with Crippen LogP contribution in [0.4, 0.5) is 11.4 Å².